The molecule has 2 rings (SSSR count). The van der Waals surface area contributed by atoms with Crippen molar-refractivity contribution in [3.8, 4) is 0 Å². The van der Waals surface area contributed by atoms with E-state index in [1.807, 2.05) is 18.2 Å². The van der Waals surface area contributed by atoms with Gasteiger partial charge in [0, 0.05) is 0 Å². The van der Waals surface area contributed by atoms with Gasteiger partial charge >= 0.3 is 0 Å². The molecular weight excluding hydrogens is 294 g/mol. The van der Waals surface area contributed by atoms with Crippen LogP contribution in [0.25, 0.3) is 0 Å². The SMILES string of the molecule is CCC(Nc1nc[nH]c(=O)c1Br)c1ccccc1. The van der Waals surface area contributed by atoms with Gasteiger partial charge in [-0.25, -0.2) is 4.98 Å². The lowest BCUT2D eigenvalue weighted by atomic mass is 10.0. The van der Waals surface area contributed by atoms with Gasteiger partial charge in [0.05, 0.1) is 12.4 Å². The van der Waals surface area contributed by atoms with Crippen molar-refractivity contribution < 1.29 is 0 Å². The van der Waals surface area contributed by atoms with Crippen LogP contribution >= 0.6 is 15.9 Å². The Labute approximate surface area is 114 Å². The lowest BCUT2D eigenvalue weighted by molar-refractivity contribution is 0.742. The van der Waals surface area contributed by atoms with E-state index < -0.39 is 0 Å². The highest BCUT2D eigenvalue weighted by atomic mass is 79.9. The van der Waals surface area contributed by atoms with Crippen LogP contribution in [0.5, 0.6) is 0 Å². The minimum Gasteiger partial charge on any atom is -0.362 e. The minimum absolute atomic E-state index is 0.136. The molecule has 0 spiro atoms. The highest BCUT2D eigenvalue weighted by molar-refractivity contribution is 9.10. The average Bonchev–Trinajstić information content (AvgIpc) is 2.41. The average molecular weight is 308 g/mol. The van der Waals surface area contributed by atoms with Crippen molar-refractivity contribution in [1.29, 1.82) is 0 Å². The zero-order chi connectivity index (χ0) is 13.0. The van der Waals surface area contributed by atoms with E-state index in [-0.39, 0.29) is 11.6 Å². The molecule has 1 aromatic heterocycles. The molecule has 2 aromatic rings. The molecule has 0 fully saturated rings. The van der Waals surface area contributed by atoms with Gasteiger partial charge in [-0.3, -0.25) is 4.79 Å². The van der Waals surface area contributed by atoms with Crippen LogP contribution in [-0.2, 0) is 0 Å². The fourth-order valence-electron chi connectivity index (χ4n) is 1.76. The van der Waals surface area contributed by atoms with E-state index in [9.17, 15) is 4.79 Å². The highest BCUT2D eigenvalue weighted by Gasteiger charge is 2.12. The van der Waals surface area contributed by atoms with Gasteiger partial charge < -0.3 is 10.3 Å². The van der Waals surface area contributed by atoms with E-state index in [0.29, 0.717) is 10.3 Å². The van der Waals surface area contributed by atoms with Crippen LogP contribution in [0.4, 0.5) is 5.82 Å². The molecule has 94 valence electrons. The van der Waals surface area contributed by atoms with Crippen molar-refractivity contribution in [2.75, 3.05) is 5.32 Å². The Morgan fingerprint density at radius 1 is 1.39 bits per heavy atom. The number of hydrogen-bond donors (Lipinski definition) is 2. The molecule has 0 amide bonds. The maximum Gasteiger partial charge on any atom is 0.267 e. The summed E-state index contributed by atoms with van der Waals surface area (Å²) in [6.07, 6.45) is 2.30. The van der Waals surface area contributed by atoms with Crippen LogP contribution in [0.3, 0.4) is 0 Å². The maximum absolute atomic E-state index is 11.5. The van der Waals surface area contributed by atoms with Crippen molar-refractivity contribution in [3.63, 3.8) is 0 Å². The number of aromatic nitrogens is 2. The Kier molecular flexibility index (Phi) is 4.15. The predicted molar refractivity (Wildman–Crippen MR) is 75.7 cm³/mol. The summed E-state index contributed by atoms with van der Waals surface area (Å²) < 4.78 is 0.430. The Balaban J connectivity index is 2.26. The summed E-state index contributed by atoms with van der Waals surface area (Å²) in [5.74, 6) is 0.564. The summed E-state index contributed by atoms with van der Waals surface area (Å²) in [4.78, 5) is 18.1. The zero-order valence-corrected chi connectivity index (χ0v) is 11.6. The molecule has 1 aromatic carbocycles. The smallest absolute Gasteiger partial charge is 0.267 e. The number of nitrogens with one attached hydrogen (secondary N) is 2. The van der Waals surface area contributed by atoms with E-state index in [1.54, 1.807) is 0 Å². The van der Waals surface area contributed by atoms with Gasteiger partial charge in [0.25, 0.3) is 5.56 Å². The second kappa shape index (κ2) is 5.82. The summed E-state index contributed by atoms with van der Waals surface area (Å²) >= 11 is 3.24. The number of halogens is 1. The summed E-state index contributed by atoms with van der Waals surface area (Å²) in [7, 11) is 0. The van der Waals surface area contributed by atoms with Gasteiger partial charge in [-0.15, -0.1) is 0 Å². The number of H-pyrrole nitrogens is 1. The molecule has 5 heteroatoms. The van der Waals surface area contributed by atoms with E-state index in [4.69, 9.17) is 0 Å². The monoisotopic (exact) mass is 307 g/mol. The fraction of sp³-hybridized carbons (Fsp3) is 0.231. The summed E-state index contributed by atoms with van der Waals surface area (Å²) in [5, 5.41) is 3.28. The molecule has 0 saturated heterocycles. The molecule has 0 saturated carbocycles. The molecule has 0 bridgehead atoms. The van der Waals surface area contributed by atoms with Crippen LogP contribution in [0.15, 0.2) is 45.9 Å². The van der Waals surface area contributed by atoms with Crippen LogP contribution in [-0.4, -0.2) is 9.97 Å². The van der Waals surface area contributed by atoms with Crippen molar-refractivity contribution in [2.24, 2.45) is 0 Å². The first-order valence-corrected chi connectivity index (χ1v) is 6.56. The molecule has 0 aliphatic carbocycles. The van der Waals surface area contributed by atoms with Crippen molar-refractivity contribution >= 4 is 21.7 Å². The number of benzene rings is 1. The molecule has 0 aliphatic rings. The summed E-state index contributed by atoms with van der Waals surface area (Å²) in [6, 6.07) is 10.2. The first kappa shape index (κ1) is 12.8. The molecular formula is C13H14BrN3O. The van der Waals surface area contributed by atoms with Gasteiger partial charge in [-0.05, 0) is 27.9 Å². The topological polar surface area (TPSA) is 57.8 Å². The third kappa shape index (κ3) is 2.79. The second-order valence-corrected chi connectivity index (χ2v) is 4.70. The van der Waals surface area contributed by atoms with Gasteiger partial charge in [0.15, 0.2) is 0 Å². The summed E-state index contributed by atoms with van der Waals surface area (Å²) in [6.45, 7) is 2.09. The minimum atomic E-state index is -0.185. The largest absolute Gasteiger partial charge is 0.362 e. The Hall–Kier alpha value is -1.62. The molecule has 0 radical (unpaired) electrons. The fourth-order valence-corrected chi connectivity index (χ4v) is 2.09. The van der Waals surface area contributed by atoms with Crippen molar-refractivity contribution in [1.82, 2.24) is 9.97 Å². The lowest BCUT2D eigenvalue weighted by Gasteiger charge is -2.18. The van der Waals surface area contributed by atoms with Crippen molar-refractivity contribution in [2.45, 2.75) is 19.4 Å². The van der Waals surface area contributed by atoms with Crippen LogP contribution in [0, 0.1) is 0 Å². The molecule has 4 nitrogen and oxygen atoms in total. The van der Waals surface area contributed by atoms with Gasteiger partial charge in [0.1, 0.15) is 10.3 Å². The quantitative estimate of drug-likeness (QED) is 0.912. The molecule has 2 N–H and O–H groups in total. The number of hydrogen-bond acceptors (Lipinski definition) is 3. The first-order valence-electron chi connectivity index (χ1n) is 5.77. The number of nitrogens with zero attached hydrogens (tertiary/aromatic N) is 1. The van der Waals surface area contributed by atoms with Gasteiger partial charge in [0.2, 0.25) is 0 Å². The van der Waals surface area contributed by atoms with Gasteiger partial charge in [-0.1, -0.05) is 37.3 Å². The van der Waals surface area contributed by atoms with Crippen LogP contribution in [0.2, 0.25) is 0 Å². The predicted octanol–water partition coefficient (Wildman–Crippen LogP) is 3.10. The number of anilines is 1. The second-order valence-electron chi connectivity index (χ2n) is 3.91. The maximum atomic E-state index is 11.5. The first-order chi connectivity index (χ1) is 8.72. The van der Waals surface area contributed by atoms with E-state index >= 15 is 0 Å². The Morgan fingerprint density at radius 3 is 2.78 bits per heavy atom. The standard InChI is InChI=1S/C13H14BrN3O/c1-2-10(9-6-4-3-5-7-9)17-12-11(14)13(18)16-8-15-12/h3-8,10H,2H2,1H3,(H2,15,16,17,18). The lowest BCUT2D eigenvalue weighted by Crippen LogP contribution is -2.16. The third-order valence-electron chi connectivity index (χ3n) is 2.72. The number of aromatic amines is 1. The van der Waals surface area contributed by atoms with E-state index in [0.717, 1.165) is 6.42 Å². The number of rotatable bonds is 4. The summed E-state index contributed by atoms with van der Waals surface area (Å²) in [5.41, 5.74) is 0.990. The normalized spacial score (nSPS) is 12.1. The Morgan fingerprint density at radius 2 is 2.11 bits per heavy atom. The van der Waals surface area contributed by atoms with Crippen LogP contribution in [0.1, 0.15) is 24.9 Å². The van der Waals surface area contributed by atoms with Crippen molar-refractivity contribution in [3.05, 3.63) is 57.0 Å². The molecule has 1 unspecified atom stereocenters. The molecule has 0 aliphatic heterocycles. The molecule has 18 heavy (non-hydrogen) atoms. The molecule has 1 atom stereocenters. The van der Waals surface area contributed by atoms with Gasteiger partial charge in [-0.2, -0.15) is 0 Å². The Bertz CT molecular complexity index is 568. The highest BCUT2D eigenvalue weighted by Crippen LogP contribution is 2.23. The third-order valence-corrected chi connectivity index (χ3v) is 3.45. The zero-order valence-electron chi connectivity index (χ0n) is 9.98. The molecule has 1 heterocycles. The van der Waals surface area contributed by atoms with E-state index in [1.165, 1.54) is 11.9 Å². The van der Waals surface area contributed by atoms with E-state index in [2.05, 4.69) is 50.3 Å². The van der Waals surface area contributed by atoms with Crippen LogP contribution < -0.4 is 10.9 Å².